The summed E-state index contributed by atoms with van der Waals surface area (Å²) in [5.41, 5.74) is 3.67. The highest BCUT2D eigenvalue weighted by Crippen LogP contribution is 2.32. The van der Waals surface area contributed by atoms with E-state index in [1.54, 1.807) is 6.08 Å². The average molecular weight is 241 g/mol. The molecule has 0 aliphatic rings. The first kappa shape index (κ1) is 14.1. The maximum absolute atomic E-state index is 10.6. The van der Waals surface area contributed by atoms with Crippen molar-refractivity contribution >= 4 is 11.7 Å². The van der Waals surface area contributed by atoms with Crippen LogP contribution in [0, 0.1) is 0 Å². The molecule has 0 N–H and O–H groups in total. The lowest BCUT2D eigenvalue weighted by molar-refractivity contribution is 0.520. The van der Waals surface area contributed by atoms with E-state index in [-0.39, 0.29) is 0 Å². The highest BCUT2D eigenvalue weighted by atomic mass is 16.1. The normalized spacial score (nSPS) is 10.6. The summed E-state index contributed by atoms with van der Waals surface area (Å²) in [5, 5.41) is 0. The standard InChI is InChI=1S/C16H19NO/c1-6-8-14-13(12(2)3)9-7-10-15(14)16(4,5)17-11-18/h6-7,9-10H,1-2,8H2,3-5H3. The molecule has 0 saturated carbocycles. The van der Waals surface area contributed by atoms with Crippen LogP contribution in [0.25, 0.3) is 5.57 Å². The smallest absolute Gasteiger partial charge is 0.211 e. The zero-order chi connectivity index (χ0) is 13.8. The van der Waals surface area contributed by atoms with Crippen molar-refractivity contribution in [1.82, 2.24) is 0 Å². The Labute approximate surface area is 109 Å². The third kappa shape index (κ3) is 2.85. The highest BCUT2D eigenvalue weighted by Gasteiger charge is 2.23. The van der Waals surface area contributed by atoms with Crippen molar-refractivity contribution in [2.45, 2.75) is 32.7 Å². The number of aliphatic imine (C=N–C) groups is 1. The Bertz CT molecular complexity index is 520. The summed E-state index contributed by atoms with van der Waals surface area (Å²) in [6, 6.07) is 5.99. The van der Waals surface area contributed by atoms with Gasteiger partial charge in [-0.15, -0.1) is 6.58 Å². The molecular formula is C16H19NO. The zero-order valence-electron chi connectivity index (χ0n) is 11.3. The van der Waals surface area contributed by atoms with Crippen LogP contribution in [-0.4, -0.2) is 6.08 Å². The van der Waals surface area contributed by atoms with Crippen molar-refractivity contribution in [2.75, 3.05) is 0 Å². The summed E-state index contributed by atoms with van der Waals surface area (Å²) in [6.45, 7) is 13.6. The van der Waals surface area contributed by atoms with Crippen molar-refractivity contribution in [3.63, 3.8) is 0 Å². The molecule has 0 fully saturated rings. The minimum absolute atomic E-state index is 0.578. The fourth-order valence-electron chi connectivity index (χ4n) is 2.10. The number of benzene rings is 1. The number of hydrogen-bond acceptors (Lipinski definition) is 2. The summed E-state index contributed by atoms with van der Waals surface area (Å²) in [5.74, 6) is 0. The number of carbonyl (C=O) groups excluding carboxylic acids is 1. The lowest BCUT2D eigenvalue weighted by Gasteiger charge is -2.23. The molecule has 1 aromatic carbocycles. The molecule has 0 spiro atoms. The lowest BCUT2D eigenvalue weighted by atomic mass is 9.85. The maximum Gasteiger partial charge on any atom is 0.235 e. The SMILES string of the molecule is C=CCc1c(C(=C)C)cccc1C(C)(C)N=C=O. The molecule has 1 rings (SSSR count). The number of allylic oxidation sites excluding steroid dienone is 2. The van der Waals surface area contributed by atoms with Crippen molar-refractivity contribution in [3.05, 3.63) is 54.1 Å². The van der Waals surface area contributed by atoms with Gasteiger partial charge in [0, 0.05) is 0 Å². The molecule has 0 aliphatic heterocycles. The second-order valence-corrected chi connectivity index (χ2v) is 4.87. The quantitative estimate of drug-likeness (QED) is 0.435. The Balaban J connectivity index is 3.53. The van der Waals surface area contributed by atoms with Gasteiger partial charge in [-0.3, -0.25) is 0 Å². The summed E-state index contributed by atoms with van der Waals surface area (Å²) < 4.78 is 0. The van der Waals surface area contributed by atoms with Crippen LogP contribution in [0.2, 0.25) is 0 Å². The minimum Gasteiger partial charge on any atom is -0.211 e. The molecule has 0 amide bonds. The number of nitrogens with zero attached hydrogens (tertiary/aromatic N) is 1. The summed E-state index contributed by atoms with van der Waals surface area (Å²) in [4.78, 5) is 14.5. The van der Waals surface area contributed by atoms with Crippen LogP contribution >= 0.6 is 0 Å². The van der Waals surface area contributed by atoms with E-state index < -0.39 is 5.54 Å². The first-order valence-electron chi connectivity index (χ1n) is 5.92. The van der Waals surface area contributed by atoms with Gasteiger partial charge in [0.2, 0.25) is 6.08 Å². The van der Waals surface area contributed by atoms with Gasteiger partial charge in [-0.05, 0) is 43.9 Å². The molecule has 0 aliphatic carbocycles. The molecule has 94 valence electrons. The monoisotopic (exact) mass is 241 g/mol. The van der Waals surface area contributed by atoms with Crippen molar-refractivity contribution in [3.8, 4) is 0 Å². The first-order valence-corrected chi connectivity index (χ1v) is 5.92. The predicted molar refractivity (Wildman–Crippen MR) is 76.2 cm³/mol. The highest BCUT2D eigenvalue weighted by molar-refractivity contribution is 5.66. The van der Waals surface area contributed by atoms with Gasteiger partial charge >= 0.3 is 0 Å². The Hall–Kier alpha value is -1.92. The van der Waals surface area contributed by atoms with Gasteiger partial charge in [0.1, 0.15) is 0 Å². The number of hydrogen-bond donors (Lipinski definition) is 0. The predicted octanol–water partition coefficient (Wildman–Crippen LogP) is 4.02. The van der Waals surface area contributed by atoms with Crippen LogP contribution in [0.3, 0.4) is 0 Å². The second kappa shape index (κ2) is 5.61. The third-order valence-corrected chi connectivity index (χ3v) is 2.97. The van der Waals surface area contributed by atoms with Gasteiger partial charge in [-0.1, -0.05) is 36.4 Å². The van der Waals surface area contributed by atoms with Crippen molar-refractivity contribution < 1.29 is 4.79 Å². The van der Waals surface area contributed by atoms with Gasteiger partial charge in [-0.2, -0.15) is 4.99 Å². The van der Waals surface area contributed by atoms with E-state index in [2.05, 4.69) is 18.2 Å². The van der Waals surface area contributed by atoms with Crippen LogP contribution in [0.15, 0.2) is 42.4 Å². The summed E-state index contributed by atoms with van der Waals surface area (Å²) >= 11 is 0. The van der Waals surface area contributed by atoms with Gasteiger partial charge in [0.15, 0.2) is 0 Å². The van der Waals surface area contributed by atoms with Gasteiger partial charge in [0.05, 0.1) is 5.54 Å². The van der Waals surface area contributed by atoms with E-state index in [0.29, 0.717) is 0 Å². The number of isocyanates is 1. The minimum atomic E-state index is -0.578. The summed E-state index contributed by atoms with van der Waals surface area (Å²) in [7, 11) is 0. The fraction of sp³-hybridized carbons (Fsp3) is 0.312. The number of rotatable bonds is 5. The Morgan fingerprint density at radius 2 is 2.17 bits per heavy atom. The van der Waals surface area contributed by atoms with Gasteiger partial charge in [0.25, 0.3) is 0 Å². The Morgan fingerprint density at radius 1 is 1.50 bits per heavy atom. The zero-order valence-corrected chi connectivity index (χ0v) is 11.3. The molecule has 0 heterocycles. The van der Waals surface area contributed by atoms with Crippen LogP contribution in [0.4, 0.5) is 0 Å². The maximum atomic E-state index is 10.6. The fourth-order valence-corrected chi connectivity index (χ4v) is 2.10. The first-order chi connectivity index (χ1) is 8.44. The molecule has 0 radical (unpaired) electrons. The van der Waals surface area contributed by atoms with E-state index >= 15 is 0 Å². The largest absolute Gasteiger partial charge is 0.235 e. The van der Waals surface area contributed by atoms with Crippen LogP contribution in [0.5, 0.6) is 0 Å². The average Bonchev–Trinajstić information content (AvgIpc) is 2.29. The van der Waals surface area contributed by atoms with Crippen LogP contribution in [0.1, 0.15) is 37.5 Å². The van der Waals surface area contributed by atoms with E-state index in [0.717, 1.165) is 28.7 Å². The topological polar surface area (TPSA) is 29.4 Å². The van der Waals surface area contributed by atoms with Gasteiger partial charge in [-0.25, -0.2) is 4.79 Å². The molecule has 0 unspecified atom stereocenters. The molecule has 2 heteroatoms. The molecule has 18 heavy (non-hydrogen) atoms. The molecular weight excluding hydrogens is 222 g/mol. The molecule has 2 nitrogen and oxygen atoms in total. The van der Waals surface area contributed by atoms with Crippen molar-refractivity contribution in [2.24, 2.45) is 4.99 Å². The molecule has 0 bridgehead atoms. The van der Waals surface area contributed by atoms with Gasteiger partial charge < -0.3 is 0 Å². The lowest BCUT2D eigenvalue weighted by Crippen LogP contribution is -2.17. The van der Waals surface area contributed by atoms with E-state index in [4.69, 9.17) is 0 Å². The molecule has 0 aromatic heterocycles. The van der Waals surface area contributed by atoms with E-state index in [1.165, 1.54) is 0 Å². The second-order valence-electron chi connectivity index (χ2n) is 4.87. The molecule has 1 aromatic rings. The van der Waals surface area contributed by atoms with Crippen LogP contribution in [-0.2, 0) is 16.8 Å². The molecule has 0 saturated heterocycles. The van der Waals surface area contributed by atoms with Crippen molar-refractivity contribution in [1.29, 1.82) is 0 Å². The Kier molecular flexibility index (Phi) is 4.41. The van der Waals surface area contributed by atoms with E-state index in [1.807, 2.05) is 45.0 Å². The van der Waals surface area contributed by atoms with Crippen LogP contribution < -0.4 is 0 Å². The Morgan fingerprint density at radius 3 is 2.67 bits per heavy atom. The third-order valence-electron chi connectivity index (χ3n) is 2.97. The summed E-state index contributed by atoms with van der Waals surface area (Å²) in [6.07, 6.45) is 4.24. The molecule has 0 atom stereocenters. The van der Waals surface area contributed by atoms with E-state index in [9.17, 15) is 4.79 Å².